The quantitative estimate of drug-likeness (QED) is 0.168. The highest BCUT2D eigenvalue weighted by molar-refractivity contribution is 6.12. The number of hydrogen-bond acceptors (Lipinski definition) is 4. The summed E-state index contributed by atoms with van der Waals surface area (Å²) >= 11 is 0. The number of benzene rings is 8. The van der Waals surface area contributed by atoms with Crippen LogP contribution in [0.25, 0.3) is 77.9 Å². The first-order valence-electron chi connectivity index (χ1n) is 17.8. The Bertz CT molecular complexity index is 2840. The highest BCUT2D eigenvalue weighted by Crippen LogP contribution is 2.40. The van der Waals surface area contributed by atoms with Crippen LogP contribution in [0.2, 0.25) is 0 Å². The molecule has 0 spiro atoms. The SMILES string of the molecule is c1ccc(-c2ccc(-c3ccc(N(c4ccccc4)c4ccc(-c5cccc6c5oc5cc7oc(-c8ccccc8)nc7cc56)cc4)cc3)cc2)cc1. The van der Waals surface area contributed by atoms with Gasteiger partial charge in [-0.3, -0.25) is 0 Å². The van der Waals surface area contributed by atoms with Gasteiger partial charge in [-0.05, 0) is 82.4 Å². The van der Waals surface area contributed by atoms with Gasteiger partial charge in [0.05, 0.1) is 0 Å². The van der Waals surface area contributed by atoms with Gasteiger partial charge >= 0.3 is 0 Å². The predicted octanol–water partition coefficient (Wildman–Crippen LogP) is 13.9. The van der Waals surface area contributed by atoms with E-state index >= 15 is 0 Å². The number of oxazole rings is 1. The predicted molar refractivity (Wildman–Crippen MR) is 218 cm³/mol. The highest BCUT2D eigenvalue weighted by atomic mass is 16.4. The standard InChI is InChI=1S/C49H32N2O2/c1-4-11-33(12-5-1)34-19-21-35(22-20-34)36-23-27-40(28-24-36)51(39-15-8-3-9-16-39)41-29-25-37(26-30-41)42-17-10-18-43-44-31-45-47(32-46(44)52-48(42)43)53-49(50-45)38-13-6-2-7-14-38/h1-32H. The van der Waals surface area contributed by atoms with Crippen LogP contribution in [-0.2, 0) is 0 Å². The van der Waals surface area contributed by atoms with E-state index in [2.05, 4.69) is 157 Å². The minimum atomic E-state index is 0.604. The molecule has 0 radical (unpaired) electrons. The molecule has 4 heteroatoms. The average molecular weight is 681 g/mol. The first-order chi connectivity index (χ1) is 26.2. The molecule has 0 bridgehead atoms. The van der Waals surface area contributed by atoms with Crippen LogP contribution in [0.4, 0.5) is 17.1 Å². The molecular formula is C49H32N2O2. The lowest BCUT2D eigenvalue weighted by Gasteiger charge is -2.26. The van der Waals surface area contributed by atoms with Crippen LogP contribution in [0.5, 0.6) is 0 Å². The average Bonchev–Trinajstić information content (AvgIpc) is 3.82. The molecule has 2 aromatic heterocycles. The fraction of sp³-hybridized carbons (Fsp3) is 0. The summed E-state index contributed by atoms with van der Waals surface area (Å²) < 4.78 is 12.7. The van der Waals surface area contributed by atoms with E-state index in [4.69, 9.17) is 13.8 Å². The Morgan fingerprint density at radius 3 is 1.49 bits per heavy atom. The van der Waals surface area contributed by atoms with Crippen molar-refractivity contribution in [1.82, 2.24) is 4.98 Å². The maximum atomic E-state index is 6.56. The van der Waals surface area contributed by atoms with Crippen molar-refractivity contribution in [2.45, 2.75) is 0 Å². The van der Waals surface area contributed by atoms with Gasteiger partial charge in [-0.25, -0.2) is 4.98 Å². The van der Waals surface area contributed by atoms with E-state index in [1.165, 1.54) is 22.3 Å². The molecule has 0 saturated heterocycles. The van der Waals surface area contributed by atoms with Crippen molar-refractivity contribution in [1.29, 1.82) is 0 Å². The smallest absolute Gasteiger partial charge is 0.227 e. The number of anilines is 3. The molecule has 0 amide bonds. The lowest BCUT2D eigenvalue weighted by atomic mass is 10.00. The van der Waals surface area contributed by atoms with Crippen molar-refractivity contribution < 1.29 is 8.83 Å². The minimum Gasteiger partial charge on any atom is -0.455 e. The fourth-order valence-corrected chi connectivity index (χ4v) is 7.25. The van der Waals surface area contributed by atoms with Crippen molar-refractivity contribution in [2.75, 3.05) is 4.90 Å². The Hall–Kier alpha value is -7.17. The van der Waals surface area contributed by atoms with Crippen molar-refractivity contribution in [3.05, 3.63) is 194 Å². The van der Waals surface area contributed by atoms with Crippen LogP contribution in [0.15, 0.2) is 203 Å². The molecule has 250 valence electrons. The molecule has 0 aliphatic heterocycles. The maximum absolute atomic E-state index is 6.56. The summed E-state index contributed by atoms with van der Waals surface area (Å²) in [5.41, 5.74) is 14.2. The topological polar surface area (TPSA) is 42.4 Å². The molecule has 10 rings (SSSR count). The van der Waals surface area contributed by atoms with Crippen molar-refractivity contribution in [2.24, 2.45) is 0 Å². The van der Waals surface area contributed by atoms with Crippen LogP contribution in [0.3, 0.4) is 0 Å². The summed E-state index contributed by atoms with van der Waals surface area (Å²) in [6, 6.07) is 67.6. The zero-order chi connectivity index (χ0) is 35.1. The molecule has 2 heterocycles. The largest absolute Gasteiger partial charge is 0.455 e. The van der Waals surface area contributed by atoms with Gasteiger partial charge in [0, 0.05) is 45.0 Å². The number of fused-ring (bicyclic) bond motifs is 4. The molecule has 8 aromatic carbocycles. The van der Waals surface area contributed by atoms with E-state index in [0.29, 0.717) is 11.5 Å². The Kier molecular flexibility index (Phi) is 7.43. The van der Waals surface area contributed by atoms with Crippen LogP contribution in [0.1, 0.15) is 0 Å². The van der Waals surface area contributed by atoms with Crippen LogP contribution in [-0.4, -0.2) is 4.98 Å². The molecule has 0 unspecified atom stereocenters. The van der Waals surface area contributed by atoms with Gasteiger partial charge in [-0.2, -0.15) is 0 Å². The van der Waals surface area contributed by atoms with Crippen LogP contribution in [0, 0.1) is 0 Å². The number of para-hydroxylation sites is 2. The normalized spacial score (nSPS) is 11.4. The minimum absolute atomic E-state index is 0.604. The third-order valence-electron chi connectivity index (χ3n) is 9.93. The van der Waals surface area contributed by atoms with Gasteiger partial charge in [0.25, 0.3) is 0 Å². The lowest BCUT2D eigenvalue weighted by Crippen LogP contribution is -2.09. The van der Waals surface area contributed by atoms with Crippen molar-refractivity contribution >= 4 is 50.1 Å². The molecule has 10 aromatic rings. The maximum Gasteiger partial charge on any atom is 0.227 e. The number of hydrogen-bond donors (Lipinski definition) is 0. The van der Waals surface area contributed by atoms with Gasteiger partial charge in [0.15, 0.2) is 5.58 Å². The Morgan fingerprint density at radius 1 is 0.358 bits per heavy atom. The Morgan fingerprint density at radius 2 is 0.868 bits per heavy atom. The summed E-state index contributed by atoms with van der Waals surface area (Å²) in [6.07, 6.45) is 0. The third-order valence-corrected chi connectivity index (χ3v) is 9.93. The zero-order valence-corrected chi connectivity index (χ0v) is 28.7. The van der Waals surface area contributed by atoms with Crippen LogP contribution >= 0.6 is 0 Å². The summed E-state index contributed by atoms with van der Waals surface area (Å²) in [6.45, 7) is 0. The second-order valence-electron chi connectivity index (χ2n) is 13.2. The molecule has 53 heavy (non-hydrogen) atoms. The van der Waals surface area contributed by atoms with Gasteiger partial charge in [-0.1, -0.05) is 133 Å². The van der Waals surface area contributed by atoms with E-state index < -0.39 is 0 Å². The van der Waals surface area contributed by atoms with Crippen molar-refractivity contribution in [3.63, 3.8) is 0 Å². The third kappa shape index (κ3) is 5.63. The van der Waals surface area contributed by atoms with E-state index in [1.54, 1.807) is 0 Å². The summed E-state index contributed by atoms with van der Waals surface area (Å²) in [5, 5.41) is 2.07. The second-order valence-corrected chi connectivity index (χ2v) is 13.2. The van der Waals surface area contributed by atoms with E-state index in [0.717, 1.165) is 61.2 Å². The highest BCUT2D eigenvalue weighted by Gasteiger charge is 2.18. The molecule has 0 fully saturated rings. The second kappa shape index (κ2) is 12.9. The molecular weight excluding hydrogens is 649 g/mol. The first-order valence-corrected chi connectivity index (χ1v) is 17.8. The van der Waals surface area contributed by atoms with Crippen LogP contribution < -0.4 is 4.90 Å². The summed E-state index contributed by atoms with van der Waals surface area (Å²) in [4.78, 5) is 7.09. The fourth-order valence-electron chi connectivity index (χ4n) is 7.25. The molecule has 0 N–H and O–H groups in total. The first kappa shape index (κ1) is 30.6. The number of nitrogens with zero attached hydrogens (tertiary/aromatic N) is 2. The van der Waals surface area contributed by atoms with E-state index in [1.807, 2.05) is 42.5 Å². The molecule has 0 saturated carbocycles. The van der Waals surface area contributed by atoms with Gasteiger partial charge in [-0.15, -0.1) is 0 Å². The molecule has 0 aliphatic carbocycles. The molecule has 4 nitrogen and oxygen atoms in total. The lowest BCUT2D eigenvalue weighted by molar-refractivity contribution is 0.617. The number of furan rings is 1. The summed E-state index contributed by atoms with van der Waals surface area (Å²) in [5.74, 6) is 0.604. The monoisotopic (exact) mass is 680 g/mol. The molecule has 0 atom stereocenters. The number of rotatable bonds is 7. The van der Waals surface area contributed by atoms with E-state index in [-0.39, 0.29) is 0 Å². The Labute approximate surface area is 306 Å². The van der Waals surface area contributed by atoms with Gasteiger partial charge < -0.3 is 13.7 Å². The van der Waals surface area contributed by atoms with Gasteiger partial charge in [0.1, 0.15) is 16.7 Å². The van der Waals surface area contributed by atoms with Crippen molar-refractivity contribution in [3.8, 4) is 44.8 Å². The zero-order valence-electron chi connectivity index (χ0n) is 28.7. The number of aromatic nitrogens is 1. The summed E-state index contributed by atoms with van der Waals surface area (Å²) in [7, 11) is 0. The molecule has 0 aliphatic rings. The van der Waals surface area contributed by atoms with Gasteiger partial charge in [0.2, 0.25) is 5.89 Å². The van der Waals surface area contributed by atoms with E-state index in [9.17, 15) is 0 Å². The Balaban J connectivity index is 0.972.